The third-order valence-corrected chi connectivity index (χ3v) is 3.88. The minimum atomic E-state index is -3.89. The van der Waals surface area contributed by atoms with Gasteiger partial charge in [-0.25, -0.2) is 8.78 Å². The van der Waals surface area contributed by atoms with Gasteiger partial charge >= 0.3 is 6.29 Å². The van der Waals surface area contributed by atoms with Crippen molar-refractivity contribution in [2.45, 2.75) is 18.3 Å². The van der Waals surface area contributed by atoms with E-state index in [1.807, 2.05) is 0 Å². The van der Waals surface area contributed by atoms with Crippen LogP contribution in [0.15, 0.2) is 18.2 Å². The largest absolute Gasteiger partial charge is 0.586 e. The van der Waals surface area contributed by atoms with Gasteiger partial charge in [0.15, 0.2) is 11.5 Å². The van der Waals surface area contributed by atoms with Crippen LogP contribution in [0.5, 0.6) is 11.5 Å². The summed E-state index contributed by atoms with van der Waals surface area (Å²) in [6.07, 6.45) is -3.89. The maximum Gasteiger partial charge on any atom is 0.586 e. The first-order valence-corrected chi connectivity index (χ1v) is 7.16. The Hall–Kier alpha value is -1.29. The molecule has 24 heavy (non-hydrogen) atoms. The third kappa shape index (κ3) is 3.53. The first kappa shape index (κ1) is 19.0. The molecule has 2 heterocycles. The molecule has 136 valence electrons. The number of benzene rings is 1. The molecule has 10 heteroatoms. The summed E-state index contributed by atoms with van der Waals surface area (Å²) in [6, 6.07) is 2.29. The maximum atomic E-state index is 14.4. The van der Waals surface area contributed by atoms with Gasteiger partial charge in [0.05, 0.1) is 0 Å². The summed E-state index contributed by atoms with van der Waals surface area (Å²) in [6.45, 7) is 0.159. The lowest BCUT2D eigenvalue weighted by Gasteiger charge is -2.38. The number of halogens is 5. The second kappa shape index (κ2) is 6.91. The zero-order valence-electron chi connectivity index (χ0n) is 12.5. The van der Waals surface area contributed by atoms with Crippen molar-refractivity contribution in [3.05, 3.63) is 23.8 Å². The normalized spacial score (nSPS) is 21.2. The van der Waals surface area contributed by atoms with Gasteiger partial charge in [-0.15, -0.1) is 21.2 Å². The van der Waals surface area contributed by atoms with Crippen molar-refractivity contribution in [2.24, 2.45) is 0 Å². The summed E-state index contributed by atoms with van der Waals surface area (Å²) in [4.78, 5) is 1.45. The van der Waals surface area contributed by atoms with E-state index in [-0.39, 0.29) is 23.7 Å². The fraction of sp³-hybridized carbons (Fsp3) is 0.571. The Morgan fingerprint density at radius 2 is 1.92 bits per heavy atom. The van der Waals surface area contributed by atoms with Gasteiger partial charge in [-0.05, 0) is 6.07 Å². The highest BCUT2D eigenvalue weighted by atomic mass is 35.5. The Kier molecular flexibility index (Phi) is 5.48. The molecule has 1 aromatic rings. The summed E-state index contributed by atoms with van der Waals surface area (Å²) in [7, 11) is 0. The van der Waals surface area contributed by atoms with Crippen LogP contribution in [0.1, 0.15) is 11.6 Å². The number of aliphatic hydroxyl groups is 1. The van der Waals surface area contributed by atoms with Crippen LogP contribution in [0.25, 0.3) is 0 Å². The lowest BCUT2D eigenvalue weighted by molar-refractivity contribution is -0.287. The molecule has 0 bridgehead atoms. The molecule has 0 radical (unpaired) electrons. The van der Waals surface area contributed by atoms with Crippen molar-refractivity contribution < 1.29 is 32.1 Å². The highest BCUT2D eigenvalue weighted by Crippen LogP contribution is 2.49. The fourth-order valence-electron chi connectivity index (χ4n) is 2.92. The lowest BCUT2D eigenvalue weighted by Crippen LogP contribution is -2.51. The highest BCUT2D eigenvalue weighted by Gasteiger charge is 2.50. The molecule has 0 aliphatic carbocycles. The second-order valence-corrected chi connectivity index (χ2v) is 5.45. The molecular weight excluding hydrogens is 356 g/mol. The van der Waals surface area contributed by atoms with E-state index in [9.17, 15) is 17.6 Å². The zero-order valence-corrected chi connectivity index (χ0v) is 13.3. The third-order valence-electron chi connectivity index (χ3n) is 3.88. The molecule has 1 atom stereocenters. The Labute approximate surface area is 141 Å². The van der Waals surface area contributed by atoms with Crippen LogP contribution in [0.3, 0.4) is 0 Å². The van der Waals surface area contributed by atoms with Gasteiger partial charge in [0.1, 0.15) is 12.6 Å². The quantitative estimate of drug-likeness (QED) is 0.792. The number of alkyl halides is 4. The molecular formula is C14H17ClF4N2O3. The number of nitrogens with zero attached hydrogens (tertiary/aromatic N) is 1. The number of rotatable bonds is 4. The Morgan fingerprint density at radius 3 is 2.54 bits per heavy atom. The SMILES string of the molecule is Cl.OCC(F)(F)[C@H](c1cccc2c1OC(F)(F)O2)N1CCNCC1. The molecule has 0 unspecified atom stereocenters. The Balaban J connectivity index is 0.00000208. The molecule has 2 N–H and O–H groups in total. The van der Waals surface area contributed by atoms with Crippen LogP contribution in [0, 0.1) is 0 Å². The number of para-hydroxylation sites is 1. The number of fused-ring (bicyclic) bond motifs is 1. The van der Waals surface area contributed by atoms with E-state index >= 15 is 0 Å². The molecule has 2 aliphatic heterocycles. The number of aliphatic hydroxyl groups excluding tert-OH is 1. The molecule has 2 aliphatic rings. The molecule has 1 aromatic carbocycles. The van der Waals surface area contributed by atoms with Crippen molar-refractivity contribution in [1.29, 1.82) is 0 Å². The summed E-state index contributed by atoms with van der Waals surface area (Å²) in [5, 5.41) is 12.1. The maximum absolute atomic E-state index is 14.4. The van der Waals surface area contributed by atoms with E-state index in [4.69, 9.17) is 5.11 Å². The van der Waals surface area contributed by atoms with Crippen molar-refractivity contribution in [3.63, 3.8) is 0 Å². The molecule has 1 fully saturated rings. The standard InChI is InChI=1S/C14H16F4N2O3.ClH/c15-13(16,8-21)12(20-6-4-19-5-7-20)9-2-1-3-10-11(9)23-14(17,18)22-10;/h1-3,12,19,21H,4-8H2;1H/t12-;/m0./s1. The van der Waals surface area contributed by atoms with E-state index in [2.05, 4.69) is 14.8 Å². The molecule has 0 aromatic heterocycles. The van der Waals surface area contributed by atoms with Gasteiger partial charge in [0.2, 0.25) is 0 Å². The number of ether oxygens (including phenoxy) is 2. The van der Waals surface area contributed by atoms with Crippen LogP contribution in [-0.2, 0) is 0 Å². The molecule has 5 nitrogen and oxygen atoms in total. The predicted molar refractivity (Wildman–Crippen MR) is 79.1 cm³/mol. The topological polar surface area (TPSA) is 54.0 Å². The van der Waals surface area contributed by atoms with E-state index in [1.54, 1.807) is 0 Å². The Bertz CT molecular complexity index is 585. The van der Waals surface area contributed by atoms with E-state index in [0.29, 0.717) is 26.2 Å². The second-order valence-electron chi connectivity index (χ2n) is 5.45. The van der Waals surface area contributed by atoms with E-state index < -0.39 is 30.6 Å². The van der Waals surface area contributed by atoms with E-state index in [1.165, 1.54) is 23.1 Å². The monoisotopic (exact) mass is 372 g/mol. The summed E-state index contributed by atoms with van der Waals surface area (Å²) in [5.41, 5.74) is -0.124. The predicted octanol–water partition coefficient (Wildman–Crippen LogP) is 2.00. The number of hydrogen-bond acceptors (Lipinski definition) is 5. The van der Waals surface area contributed by atoms with Crippen LogP contribution < -0.4 is 14.8 Å². The van der Waals surface area contributed by atoms with Crippen molar-refractivity contribution >= 4 is 12.4 Å². The van der Waals surface area contributed by atoms with Crippen LogP contribution in [-0.4, -0.2) is 55.0 Å². The summed E-state index contributed by atoms with van der Waals surface area (Å²) in [5.74, 6) is -4.22. The Morgan fingerprint density at radius 1 is 1.25 bits per heavy atom. The van der Waals surface area contributed by atoms with Crippen LogP contribution in [0.2, 0.25) is 0 Å². The smallest absolute Gasteiger partial charge is 0.395 e. The summed E-state index contributed by atoms with van der Waals surface area (Å²) < 4.78 is 64.0. The molecule has 1 saturated heterocycles. The minimum absolute atomic E-state index is 0. The van der Waals surface area contributed by atoms with Gasteiger partial charge < -0.3 is 19.9 Å². The van der Waals surface area contributed by atoms with E-state index in [0.717, 1.165) is 0 Å². The first-order valence-electron chi connectivity index (χ1n) is 7.16. The average Bonchev–Trinajstić information content (AvgIpc) is 2.83. The van der Waals surface area contributed by atoms with Gasteiger partial charge in [0, 0.05) is 31.7 Å². The number of nitrogens with one attached hydrogen (secondary N) is 1. The van der Waals surface area contributed by atoms with Crippen LogP contribution >= 0.6 is 12.4 Å². The molecule has 0 amide bonds. The van der Waals surface area contributed by atoms with Crippen LogP contribution in [0.4, 0.5) is 17.6 Å². The number of piperazine rings is 1. The van der Waals surface area contributed by atoms with Crippen molar-refractivity contribution in [3.8, 4) is 11.5 Å². The first-order chi connectivity index (χ1) is 10.8. The van der Waals surface area contributed by atoms with Gasteiger partial charge in [0.25, 0.3) is 5.92 Å². The van der Waals surface area contributed by atoms with Gasteiger partial charge in [-0.2, -0.15) is 0 Å². The van der Waals surface area contributed by atoms with Crippen molar-refractivity contribution in [2.75, 3.05) is 32.8 Å². The van der Waals surface area contributed by atoms with Gasteiger partial charge in [-0.3, -0.25) is 4.90 Å². The lowest BCUT2D eigenvalue weighted by atomic mass is 9.97. The molecule has 3 rings (SSSR count). The fourth-order valence-corrected chi connectivity index (χ4v) is 2.92. The summed E-state index contributed by atoms with van der Waals surface area (Å²) >= 11 is 0. The zero-order chi connectivity index (χ0) is 16.7. The average molecular weight is 373 g/mol. The van der Waals surface area contributed by atoms with Crippen molar-refractivity contribution in [1.82, 2.24) is 10.2 Å². The molecule has 0 spiro atoms. The molecule has 0 saturated carbocycles. The van der Waals surface area contributed by atoms with Gasteiger partial charge in [-0.1, -0.05) is 12.1 Å². The number of hydrogen-bond donors (Lipinski definition) is 2. The highest BCUT2D eigenvalue weighted by molar-refractivity contribution is 5.85. The minimum Gasteiger partial charge on any atom is -0.395 e.